The third-order valence-corrected chi connectivity index (χ3v) is 4.56. The quantitative estimate of drug-likeness (QED) is 0.778. The van der Waals surface area contributed by atoms with Crippen LogP contribution in [0.2, 0.25) is 0 Å². The lowest BCUT2D eigenvalue weighted by molar-refractivity contribution is 0.0148. The second-order valence-corrected chi connectivity index (χ2v) is 6.58. The summed E-state index contributed by atoms with van der Waals surface area (Å²) in [6, 6.07) is 1.38. The molecule has 1 aromatic rings. The molecule has 0 spiro atoms. The Morgan fingerprint density at radius 3 is 2.39 bits per heavy atom. The number of carbonyl (C=O) groups is 2. The number of phenolic OH excluding ortho intramolecular Hbond substituents is 2. The van der Waals surface area contributed by atoms with Crippen molar-refractivity contribution >= 4 is 11.6 Å². The Morgan fingerprint density at radius 2 is 1.78 bits per heavy atom. The summed E-state index contributed by atoms with van der Waals surface area (Å²) >= 11 is 0. The van der Waals surface area contributed by atoms with Gasteiger partial charge in [-0.05, 0) is 25.8 Å². The molecule has 0 saturated heterocycles. The summed E-state index contributed by atoms with van der Waals surface area (Å²) in [5.41, 5.74) is 0.959. The number of carbonyl (C=O) groups excluding carboxylic acids is 2. The second-order valence-electron chi connectivity index (χ2n) is 6.58. The average molecular weight is 316 g/mol. The molecule has 0 saturated carbocycles. The molecule has 2 N–H and O–H groups in total. The van der Waals surface area contributed by atoms with Crippen molar-refractivity contribution in [3.8, 4) is 11.5 Å². The van der Waals surface area contributed by atoms with Gasteiger partial charge in [0.05, 0.1) is 23.3 Å². The lowest BCUT2D eigenvalue weighted by Crippen LogP contribution is -2.36. The molecule has 0 radical (unpaired) electrons. The molecule has 1 aliphatic carbocycles. The molecule has 0 amide bonds. The number of ether oxygens (including phenoxy) is 1. The smallest absolute Gasteiger partial charge is 0.196 e. The zero-order chi connectivity index (χ0) is 17.0. The molecule has 5 nitrogen and oxygen atoms in total. The molecule has 2 atom stereocenters. The molecule has 2 aliphatic rings. The van der Waals surface area contributed by atoms with Crippen molar-refractivity contribution in [1.82, 2.24) is 0 Å². The van der Waals surface area contributed by atoms with Gasteiger partial charge in [-0.25, -0.2) is 0 Å². The Morgan fingerprint density at radius 1 is 1.13 bits per heavy atom. The molecular formula is C18H20O5. The molecule has 2 unspecified atom stereocenters. The van der Waals surface area contributed by atoms with E-state index >= 15 is 0 Å². The van der Waals surface area contributed by atoms with E-state index < -0.39 is 11.9 Å². The molecule has 0 bridgehead atoms. The lowest BCUT2D eigenvalue weighted by Gasteiger charge is -2.33. The first kappa shape index (κ1) is 15.7. The molecule has 1 aromatic carbocycles. The van der Waals surface area contributed by atoms with Crippen LogP contribution < -0.4 is 0 Å². The van der Waals surface area contributed by atoms with Crippen LogP contribution in [-0.4, -0.2) is 34.0 Å². The number of phenols is 2. The van der Waals surface area contributed by atoms with Crippen molar-refractivity contribution in [3.05, 3.63) is 33.9 Å². The van der Waals surface area contributed by atoms with Gasteiger partial charge in [0.2, 0.25) is 0 Å². The summed E-state index contributed by atoms with van der Waals surface area (Å²) in [6.07, 6.45) is -0.356. The Labute approximate surface area is 134 Å². The molecule has 1 heterocycles. The molecule has 23 heavy (non-hydrogen) atoms. The molecule has 1 aliphatic heterocycles. The maximum Gasteiger partial charge on any atom is 0.196 e. The Hall–Kier alpha value is -2.14. The number of hydrogen-bond donors (Lipinski definition) is 2. The predicted molar refractivity (Wildman–Crippen MR) is 84.2 cm³/mol. The number of rotatable bonds is 1. The summed E-state index contributed by atoms with van der Waals surface area (Å²) in [5.74, 6) is -1.38. The van der Waals surface area contributed by atoms with Crippen molar-refractivity contribution in [3.63, 3.8) is 0 Å². The van der Waals surface area contributed by atoms with Crippen LogP contribution in [0.4, 0.5) is 0 Å². The van der Waals surface area contributed by atoms with Crippen LogP contribution in [0, 0.1) is 0 Å². The van der Waals surface area contributed by atoms with E-state index in [0.29, 0.717) is 23.1 Å². The lowest BCUT2D eigenvalue weighted by atomic mass is 9.77. The van der Waals surface area contributed by atoms with Crippen molar-refractivity contribution in [2.75, 3.05) is 0 Å². The number of ketones is 2. The minimum absolute atomic E-state index is 0.0862. The fraction of sp³-hybridized carbons (Fsp3) is 0.444. The van der Waals surface area contributed by atoms with Gasteiger partial charge >= 0.3 is 0 Å². The normalized spacial score (nSPS) is 24.0. The summed E-state index contributed by atoms with van der Waals surface area (Å²) < 4.78 is 5.66. The SMILES string of the molecule is CC1CC2=C(C(=O)c3c(O)c(C(C)C)cc(O)c3C2=O)C(C)O1. The van der Waals surface area contributed by atoms with E-state index in [1.165, 1.54) is 6.07 Å². The number of Topliss-reactive ketones (excluding diaryl/α,β-unsaturated/α-hetero) is 2. The third-order valence-electron chi connectivity index (χ3n) is 4.56. The van der Waals surface area contributed by atoms with Crippen LogP contribution in [0.15, 0.2) is 17.2 Å². The van der Waals surface area contributed by atoms with E-state index in [1.54, 1.807) is 6.92 Å². The highest BCUT2D eigenvalue weighted by Gasteiger charge is 2.42. The number of benzene rings is 1. The van der Waals surface area contributed by atoms with Crippen molar-refractivity contribution in [1.29, 1.82) is 0 Å². The van der Waals surface area contributed by atoms with E-state index in [2.05, 4.69) is 0 Å². The maximum absolute atomic E-state index is 12.9. The van der Waals surface area contributed by atoms with Crippen molar-refractivity contribution in [2.24, 2.45) is 0 Å². The van der Waals surface area contributed by atoms with Crippen molar-refractivity contribution in [2.45, 2.75) is 52.2 Å². The fourth-order valence-electron chi connectivity index (χ4n) is 3.50. The van der Waals surface area contributed by atoms with Gasteiger partial charge in [-0.1, -0.05) is 13.8 Å². The average Bonchev–Trinajstić information content (AvgIpc) is 2.45. The van der Waals surface area contributed by atoms with Crippen molar-refractivity contribution < 1.29 is 24.5 Å². The molecule has 5 heteroatoms. The van der Waals surface area contributed by atoms with Gasteiger partial charge < -0.3 is 14.9 Å². The number of fused-ring (bicyclic) bond motifs is 1. The maximum atomic E-state index is 12.9. The van der Waals surface area contributed by atoms with Gasteiger partial charge in [0.15, 0.2) is 11.6 Å². The first-order valence-electron chi connectivity index (χ1n) is 7.80. The fourth-order valence-corrected chi connectivity index (χ4v) is 3.50. The van der Waals surface area contributed by atoms with Crippen LogP contribution in [0.3, 0.4) is 0 Å². The van der Waals surface area contributed by atoms with Crippen LogP contribution in [0.25, 0.3) is 0 Å². The Bertz CT molecular complexity index is 757. The molecular weight excluding hydrogens is 296 g/mol. The van der Waals surface area contributed by atoms with E-state index in [-0.39, 0.29) is 40.4 Å². The van der Waals surface area contributed by atoms with Gasteiger partial charge in [-0.2, -0.15) is 0 Å². The van der Waals surface area contributed by atoms with Crippen LogP contribution >= 0.6 is 0 Å². The highest BCUT2D eigenvalue weighted by molar-refractivity contribution is 6.29. The molecule has 3 rings (SSSR count). The topological polar surface area (TPSA) is 83.8 Å². The van der Waals surface area contributed by atoms with E-state index in [9.17, 15) is 19.8 Å². The molecule has 122 valence electrons. The summed E-state index contributed by atoms with van der Waals surface area (Å²) in [4.78, 5) is 25.7. The largest absolute Gasteiger partial charge is 0.507 e. The van der Waals surface area contributed by atoms with Gasteiger partial charge in [0.1, 0.15) is 11.5 Å². The third kappa shape index (κ3) is 2.18. The monoisotopic (exact) mass is 316 g/mol. The first-order chi connectivity index (χ1) is 10.7. The zero-order valence-electron chi connectivity index (χ0n) is 13.6. The highest BCUT2D eigenvalue weighted by atomic mass is 16.5. The van der Waals surface area contributed by atoms with E-state index in [1.807, 2.05) is 20.8 Å². The Kier molecular flexibility index (Phi) is 3.56. The zero-order valence-corrected chi connectivity index (χ0v) is 13.6. The number of aromatic hydroxyl groups is 2. The highest BCUT2D eigenvalue weighted by Crippen LogP contribution is 2.44. The van der Waals surface area contributed by atoms with Gasteiger partial charge in [-0.3, -0.25) is 9.59 Å². The minimum Gasteiger partial charge on any atom is -0.507 e. The van der Waals surface area contributed by atoms with Gasteiger partial charge in [0.25, 0.3) is 0 Å². The summed E-state index contributed by atoms with van der Waals surface area (Å²) in [5, 5.41) is 20.8. The van der Waals surface area contributed by atoms with E-state index in [0.717, 1.165) is 0 Å². The predicted octanol–water partition coefficient (Wildman–Crippen LogP) is 3.09. The van der Waals surface area contributed by atoms with Crippen LogP contribution in [0.1, 0.15) is 66.3 Å². The summed E-state index contributed by atoms with van der Waals surface area (Å²) in [7, 11) is 0. The second kappa shape index (κ2) is 5.20. The first-order valence-corrected chi connectivity index (χ1v) is 7.80. The Balaban J connectivity index is 2.29. The van der Waals surface area contributed by atoms with Crippen LogP contribution in [-0.2, 0) is 4.74 Å². The molecule has 0 fully saturated rings. The minimum atomic E-state index is -0.511. The van der Waals surface area contributed by atoms with Gasteiger partial charge in [0, 0.05) is 23.1 Å². The standard InChI is InChI=1S/C18H20O5/c1-7(2)10-6-12(19)14-15(16(10)20)18(22)13-9(4)23-8(3)5-11(13)17(14)21/h6-9,19-20H,5H2,1-4H3. The van der Waals surface area contributed by atoms with Gasteiger partial charge in [-0.15, -0.1) is 0 Å². The summed E-state index contributed by atoms with van der Waals surface area (Å²) in [6.45, 7) is 7.25. The number of hydrogen-bond acceptors (Lipinski definition) is 5. The molecule has 0 aromatic heterocycles. The van der Waals surface area contributed by atoms with Crippen LogP contribution in [0.5, 0.6) is 11.5 Å². The van der Waals surface area contributed by atoms with E-state index in [4.69, 9.17) is 4.74 Å².